The van der Waals surface area contributed by atoms with E-state index in [2.05, 4.69) is 10.3 Å². The van der Waals surface area contributed by atoms with Crippen molar-refractivity contribution in [2.45, 2.75) is 6.92 Å². The van der Waals surface area contributed by atoms with E-state index in [0.717, 1.165) is 45.3 Å². The van der Waals surface area contributed by atoms with Crippen molar-refractivity contribution < 1.29 is 26.7 Å². The van der Waals surface area contributed by atoms with Crippen molar-refractivity contribution in [3.8, 4) is 5.75 Å². The van der Waals surface area contributed by atoms with Gasteiger partial charge >= 0.3 is 0 Å². The molecule has 0 aliphatic heterocycles. The molecule has 4 aromatic rings. The van der Waals surface area contributed by atoms with Crippen molar-refractivity contribution in [3.05, 3.63) is 47.8 Å². The number of benzene rings is 2. The molecule has 0 unspecified atom stereocenters. The second-order valence-electron chi connectivity index (χ2n) is 8.19. The van der Waals surface area contributed by atoms with Gasteiger partial charge in [-0.3, -0.25) is 9.78 Å². The number of aryl methyl sites for hydroxylation is 2. The van der Waals surface area contributed by atoms with Gasteiger partial charge in [0.2, 0.25) is 20.0 Å². The number of hydrogen-bond acceptors (Lipinski definition) is 7. The van der Waals surface area contributed by atoms with Crippen LogP contribution in [0.25, 0.3) is 32.6 Å². The van der Waals surface area contributed by atoms with E-state index in [1.54, 1.807) is 12.1 Å². The van der Waals surface area contributed by atoms with Gasteiger partial charge in [0.25, 0.3) is 5.91 Å². The number of nitrogens with one attached hydrogen (secondary N) is 1. The van der Waals surface area contributed by atoms with E-state index in [0.29, 0.717) is 9.10 Å². The minimum Gasteiger partial charge on any atom is -0.508 e. The summed E-state index contributed by atoms with van der Waals surface area (Å²) < 4.78 is 49.6. The first-order valence-electron chi connectivity index (χ1n) is 10.3. The molecule has 2 aromatic heterocycles. The molecule has 4 rings (SSSR count). The quantitative estimate of drug-likeness (QED) is 0.408. The molecule has 0 saturated carbocycles. The molecule has 0 radical (unpaired) electrons. The fraction of sp³-hybridized carbons (Fsp3) is 0.273. The van der Waals surface area contributed by atoms with Crippen LogP contribution >= 0.6 is 0 Å². The summed E-state index contributed by atoms with van der Waals surface area (Å²) in [7, 11) is -6.10. The minimum absolute atomic E-state index is 0.128. The molecule has 2 aromatic carbocycles. The Morgan fingerprint density at radius 2 is 1.71 bits per heavy atom. The monoisotopic (exact) mass is 504 g/mol. The summed E-state index contributed by atoms with van der Waals surface area (Å²) in [6.07, 6.45) is 3.10. The van der Waals surface area contributed by atoms with Gasteiger partial charge in [-0.15, -0.1) is 0 Å². The fourth-order valence-electron chi connectivity index (χ4n) is 4.38. The van der Waals surface area contributed by atoms with Crippen LogP contribution in [-0.4, -0.2) is 66.7 Å². The number of carbonyl (C=O) groups excluding carboxylic acids is 1. The molecule has 2 heterocycles. The van der Waals surface area contributed by atoms with Crippen LogP contribution in [0.5, 0.6) is 5.75 Å². The summed E-state index contributed by atoms with van der Waals surface area (Å²) in [5, 5.41) is 15.7. The second kappa shape index (κ2) is 8.22. The first kappa shape index (κ1) is 23.9. The summed E-state index contributed by atoms with van der Waals surface area (Å²) in [6, 6.07) is 8.78. The number of fused-ring (bicyclic) bond motifs is 4. The van der Waals surface area contributed by atoms with E-state index in [1.165, 1.54) is 6.20 Å². The smallest absolute Gasteiger partial charge is 0.270 e. The van der Waals surface area contributed by atoms with Crippen LogP contribution in [0.1, 0.15) is 16.1 Å². The van der Waals surface area contributed by atoms with Crippen molar-refractivity contribution in [2.24, 2.45) is 7.05 Å². The van der Waals surface area contributed by atoms with Crippen LogP contribution in [-0.2, 0) is 27.1 Å². The third-order valence-corrected chi connectivity index (χ3v) is 9.26. The van der Waals surface area contributed by atoms with Crippen LogP contribution in [0.2, 0.25) is 0 Å². The Hall–Kier alpha value is -3.22. The topological polar surface area (TPSA) is 139 Å². The second-order valence-corrected chi connectivity index (χ2v) is 12.2. The Balaban J connectivity index is 1.76. The highest BCUT2D eigenvalue weighted by Crippen LogP contribution is 2.36. The van der Waals surface area contributed by atoms with Gasteiger partial charge in [-0.1, -0.05) is 3.71 Å². The molecule has 1 amide bonds. The zero-order chi connectivity index (χ0) is 25.0. The number of phenols is 1. The maximum absolute atomic E-state index is 13.0. The number of aromatic hydroxyl groups is 1. The van der Waals surface area contributed by atoms with Gasteiger partial charge in [-0.2, -0.15) is 0 Å². The standard InChI is InChI=1S/C22H24N4O6S2/c1-13-15-7-8-23-20(22(28)24-9-10-26(33(3,29)30)34(4,31)32)17(15)12-18-16-11-14(27)5-6-19(16)25(2)21(13)18/h5-8,11-12,27H,9-10H2,1-4H3,(H,24,28). The summed E-state index contributed by atoms with van der Waals surface area (Å²) >= 11 is 0. The highest BCUT2D eigenvalue weighted by molar-refractivity contribution is 8.03. The number of rotatable bonds is 6. The van der Waals surface area contributed by atoms with E-state index in [1.807, 2.05) is 36.7 Å². The molecule has 0 fully saturated rings. The Morgan fingerprint density at radius 3 is 2.35 bits per heavy atom. The molecule has 12 heteroatoms. The number of sulfonamides is 2. The van der Waals surface area contributed by atoms with Gasteiger partial charge < -0.3 is 15.0 Å². The first-order chi connectivity index (χ1) is 15.8. The number of amides is 1. The van der Waals surface area contributed by atoms with Crippen LogP contribution in [0.3, 0.4) is 0 Å². The van der Waals surface area contributed by atoms with Crippen molar-refractivity contribution >= 4 is 58.5 Å². The lowest BCUT2D eigenvalue weighted by Gasteiger charge is -2.17. The van der Waals surface area contributed by atoms with Gasteiger partial charge in [0.1, 0.15) is 11.4 Å². The van der Waals surface area contributed by atoms with Crippen molar-refractivity contribution in [1.29, 1.82) is 0 Å². The van der Waals surface area contributed by atoms with E-state index >= 15 is 0 Å². The van der Waals surface area contributed by atoms with E-state index < -0.39 is 32.5 Å². The van der Waals surface area contributed by atoms with Crippen molar-refractivity contribution in [2.75, 3.05) is 25.6 Å². The van der Waals surface area contributed by atoms with E-state index in [4.69, 9.17) is 0 Å². The molecule has 0 aliphatic rings. The lowest BCUT2D eigenvalue weighted by atomic mass is 10.00. The summed E-state index contributed by atoms with van der Waals surface area (Å²) in [6.45, 7) is 1.29. The highest BCUT2D eigenvalue weighted by Gasteiger charge is 2.26. The van der Waals surface area contributed by atoms with Gasteiger partial charge in [-0.05, 0) is 48.2 Å². The minimum atomic E-state index is -4.02. The van der Waals surface area contributed by atoms with E-state index in [-0.39, 0.29) is 18.0 Å². The molecule has 0 spiro atoms. The fourth-order valence-corrected chi connectivity index (χ4v) is 7.20. The van der Waals surface area contributed by atoms with Gasteiger partial charge in [0.15, 0.2) is 0 Å². The average Bonchev–Trinajstić information content (AvgIpc) is 3.00. The van der Waals surface area contributed by atoms with Crippen LogP contribution < -0.4 is 5.32 Å². The molecule has 10 nitrogen and oxygen atoms in total. The highest BCUT2D eigenvalue weighted by atomic mass is 32.3. The lowest BCUT2D eigenvalue weighted by molar-refractivity contribution is 0.0950. The summed E-state index contributed by atoms with van der Waals surface area (Å²) in [5.41, 5.74) is 2.95. The number of aromatic nitrogens is 2. The van der Waals surface area contributed by atoms with Gasteiger partial charge in [-0.25, -0.2) is 16.8 Å². The zero-order valence-electron chi connectivity index (χ0n) is 19.0. The van der Waals surface area contributed by atoms with Crippen LogP contribution in [0, 0.1) is 6.92 Å². The Morgan fingerprint density at radius 1 is 1.03 bits per heavy atom. The van der Waals surface area contributed by atoms with E-state index in [9.17, 15) is 26.7 Å². The third-order valence-electron chi connectivity index (χ3n) is 5.80. The zero-order valence-corrected chi connectivity index (χ0v) is 20.7. The average molecular weight is 505 g/mol. The van der Waals surface area contributed by atoms with Crippen molar-refractivity contribution in [1.82, 2.24) is 18.6 Å². The molecule has 180 valence electrons. The molecule has 2 N–H and O–H groups in total. The molecule has 0 saturated heterocycles. The number of pyridine rings is 1. The molecule has 0 atom stereocenters. The van der Waals surface area contributed by atoms with Crippen molar-refractivity contribution in [3.63, 3.8) is 0 Å². The first-order valence-corrected chi connectivity index (χ1v) is 14.0. The lowest BCUT2D eigenvalue weighted by Crippen LogP contribution is -2.41. The van der Waals surface area contributed by atoms with Gasteiger partial charge in [0.05, 0.1) is 18.0 Å². The normalized spacial score (nSPS) is 12.7. The number of hydrogen-bond donors (Lipinski definition) is 2. The molecule has 34 heavy (non-hydrogen) atoms. The number of phenolic OH excluding ortho intramolecular Hbond substituents is 1. The van der Waals surface area contributed by atoms with Gasteiger partial charge in [0, 0.05) is 48.0 Å². The third kappa shape index (κ3) is 4.08. The Bertz CT molecular complexity index is 1660. The molecule has 0 bridgehead atoms. The summed E-state index contributed by atoms with van der Waals surface area (Å²) in [5.74, 6) is -0.433. The Labute approximate surface area is 196 Å². The predicted octanol–water partition coefficient (Wildman–Crippen LogP) is 1.84. The maximum Gasteiger partial charge on any atom is 0.270 e. The predicted molar refractivity (Wildman–Crippen MR) is 131 cm³/mol. The maximum atomic E-state index is 13.0. The molecular formula is C22H24N4O6S2. The molecular weight excluding hydrogens is 480 g/mol. The van der Waals surface area contributed by atoms with Crippen LogP contribution in [0.4, 0.5) is 0 Å². The molecule has 0 aliphatic carbocycles. The Kier molecular flexibility index (Phi) is 5.78. The largest absolute Gasteiger partial charge is 0.508 e. The van der Waals surface area contributed by atoms with Crippen LogP contribution in [0.15, 0.2) is 36.5 Å². The number of carbonyl (C=O) groups is 1. The summed E-state index contributed by atoms with van der Waals surface area (Å²) in [4.78, 5) is 17.2. The SMILES string of the molecule is Cc1c2ccnc(C(=O)NCCN(S(C)(=O)=O)S(C)(=O)=O)c2cc2c3cc(O)ccc3n(C)c12. The number of nitrogens with zero attached hydrogens (tertiary/aromatic N) is 3.